The molecule has 4 rings (SSSR count). The van der Waals surface area contributed by atoms with E-state index in [1.165, 1.54) is 44.1 Å². The summed E-state index contributed by atoms with van der Waals surface area (Å²) < 4.78 is 0. The first-order valence-electron chi connectivity index (χ1n) is 13.1. The van der Waals surface area contributed by atoms with Gasteiger partial charge in [0.1, 0.15) is 0 Å². The summed E-state index contributed by atoms with van der Waals surface area (Å²) in [5, 5.41) is 21.5. The van der Waals surface area contributed by atoms with Gasteiger partial charge in [0.2, 0.25) is 0 Å². The Balaban J connectivity index is 1.53. The summed E-state index contributed by atoms with van der Waals surface area (Å²) in [5.74, 6) is 4.92. The molecule has 4 aliphatic carbocycles. The summed E-state index contributed by atoms with van der Waals surface area (Å²) >= 11 is 0. The van der Waals surface area contributed by atoms with Crippen LogP contribution in [0.3, 0.4) is 0 Å². The van der Waals surface area contributed by atoms with Gasteiger partial charge in [-0.25, -0.2) is 0 Å². The number of rotatable bonds is 5. The summed E-state index contributed by atoms with van der Waals surface area (Å²) in [6.07, 6.45) is 12.5. The SMILES string of the molecule is CC(C)[C@H](C)CC[C@@H](C)[C@H]1CC[C@H]2[C@@H]3[C@@H](O)C=C4C[C@@H](O)CC[C@]4(C)[C@H]3CC[C@]12C. The van der Waals surface area contributed by atoms with E-state index in [1.807, 2.05) is 0 Å². The molecule has 0 heterocycles. The smallest absolute Gasteiger partial charge is 0.0757 e. The lowest BCUT2D eigenvalue weighted by Gasteiger charge is -2.59. The highest BCUT2D eigenvalue weighted by molar-refractivity contribution is 5.27. The highest BCUT2D eigenvalue weighted by atomic mass is 16.3. The van der Waals surface area contributed by atoms with Gasteiger partial charge in [0.25, 0.3) is 0 Å². The molecule has 0 aromatic rings. The standard InChI is InChI=1S/C28H48O2/c1-17(2)18(3)7-8-19(4)22-9-10-23-26-24(12-14-28(22,23)6)27(5)13-11-21(29)15-20(27)16-25(26)30/h16-19,21-26,29-30H,7-15H2,1-6H3/t18-,19-,21+,22-,23+,24+,25+,26+,27+,28-/m1/s1. The largest absolute Gasteiger partial charge is 0.393 e. The molecule has 0 saturated heterocycles. The summed E-state index contributed by atoms with van der Waals surface area (Å²) in [5.41, 5.74) is 1.98. The van der Waals surface area contributed by atoms with Crippen LogP contribution in [-0.4, -0.2) is 22.4 Å². The summed E-state index contributed by atoms with van der Waals surface area (Å²) in [6.45, 7) is 14.7. The zero-order valence-electron chi connectivity index (χ0n) is 20.5. The molecule has 0 unspecified atom stereocenters. The Kier molecular flexibility index (Phi) is 6.26. The van der Waals surface area contributed by atoms with E-state index in [4.69, 9.17) is 0 Å². The number of hydrogen-bond acceptors (Lipinski definition) is 2. The monoisotopic (exact) mass is 416 g/mol. The van der Waals surface area contributed by atoms with E-state index in [-0.39, 0.29) is 17.6 Å². The molecule has 0 aromatic heterocycles. The molecule has 0 radical (unpaired) electrons. The van der Waals surface area contributed by atoms with Crippen LogP contribution >= 0.6 is 0 Å². The fourth-order valence-corrected chi connectivity index (χ4v) is 8.67. The van der Waals surface area contributed by atoms with Gasteiger partial charge in [0.15, 0.2) is 0 Å². The molecule has 30 heavy (non-hydrogen) atoms. The first-order valence-corrected chi connectivity index (χ1v) is 13.1. The van der Waals surface area contributed by atoms with E-state index in [1.54, 1.807) is 0 Å². The van der Waals surface area contributed by atoms with Crippen molar-refractivity contribution >= 4 is 0 Å². The van der Waals surface area contributed by atoms with Gasteiger partial charge in [-0.3, -0.25) is 0 Å². The van der Waals surface area contributed by atoms with Gasteiger partial charge >= 0.3 is 0 Å². The zero-order chi connectivity index (χ0) is 21.8. The molecule has 2 heteroatoms. The molecule has 3 saturated carbocycles. The van der Waals surface area contributed by atoms with Crippen molar-refractivity contribution in [3.63, 3.8) is 0 Å². The van der Waals surface area contributed by atoms with Crippen LogP contribution in [-0.2, 0) is 0 Å². The average molecular weight is 417 g/mol. The number of hydrogen-bond donors (Lipinski definition) is 2. The fraction of sp³-hybridized carbons (Fsp3) is 0.929. The van der Waals surface area contributed by atoms with E-state index in [0.29, 0.717) is 23.2 Å². The van der Waals surface area contributed by atoms with E-state index >= 15 is 0 Å². The molecule has 0 aromatic carbocycles. The molecule has 2 nitrogen and oxygen atoms in total. The molecule has 172 valence electrons. The molecular formula is C28H48O2. The first-order chi connectivity index (χ1) is 14.1. The average Bonchev–Trinajstić information content (AvgIpc) is 3.04. The minimum Gasteiger partial charge on any atom is -0.393 e. The lowest BCUT2D eigenvalue weighted by molar-refractivity contribution is -0.0971. The highest BCUT2D eigenvalue weighted by Crippen LogP contribution is 2.67. The molecule has 10 atom stereocenters. The Bertz CT molecular complexity index is 653. The lowest BCUT2D eigenvalue weighted by Crippen LogP contribution is -2.54. The maximum atomic E-state index is 11.3. The van der Waals surface area contributed by atoms with Crippen molar-refractivity contribution in [2.24, 2.45) is 52.3 Å². The normalized spacial score (nSPS) is 47.8. The summed E-state index contributed by atoms with van der Waals surface area (Å²) in [7, 11) is 0. The van der Waals surface area contributed by atoms with Crippen LogP contribution in [0.25, 0.3) is 0 Å². The third kappa shape index (κ3) is 3.62. The molecule has 3 fully saturated rings. The summed E-state index contributed by atoms with van der Waals surface area (Å²) in [6, 6.07) is 0. The highest BCUT2D eigenvalue weighted by Gasteiger charge is 2.61. The third-order valence-corrected chi connectivity index (χ3v) is 11.1. The Labute approximate surface area is 185 Å². The second kappa shape index (κ2) is 8.22. The van der Waals surface area contributed by atoms with Crippen LogP contribution in [0.4, 0.5) is 0 Å². The Hall–Kier alpha value is -0.340. The molecule has 0 spiro atoms. The predicted octanol–water partition coefficient (Wildman–Crippen LogP) is 6.61. The van der Waals surface area contributed by atoms with Crippen LogP contribution < -0.4 is 0 Å². The van der Waals surface area contributed by atoms with Crippen molar-refractivity contribution in [3.8, 4) is 0 Å². The van der Waals surface area contributed by atoms with Crippen LogP contribution in [0.2, 0.25) is 0 Å². The fourth-order valence-electron chi connectivity index (χ4n) is 8.67. The molecule has 4 aliphatic rings. The van der Waals surface area contributed by atoms with Crippen LogP contribution in [0.1, 0.15) is 99.3 Å². The topological polar surface area (TPSA) is 40.5 Å². The Morgan fingerprint density at radius 1 is 0.933 bits per heavy atom. The molecule has 0 aliphatic heterocycles. The van der Waals surface area contributed by atoms with Crippen LogP contribution in [0.15, 0.2) is 11.6 Å². The van der Waals surface area contributed by atoms with Gasteiger partial charge in [-0.05, 0) is 97.2 Å². The number of fused-ring (bicyclic) bond motifs is 5. The number of aliphatic hydroxyl groups excluding tert-OH is 2. The van der Waals surface area contributed by atoms with Gasteiger partial charge in [0.05, 0.1) is 12.2 Å². The molecular weight excluding hydrogens is 368 g/mol. The second-order valence-electron chi connectivity index (χ2n) is 12.8. The van der Waals surface area contributed by atoms with Crippen molar-refractivity contribution in [1.82, 2.24) is 0 Å². The van der Waals surface area contributed by atoms with Gasteiger partial charge in [0, 0.05) is 0 Å². The van der Waals surface area contributed by atoms with E-state index in [9.17, 15) is 10.2 Å². The minimum absolute atomic E-state index is 0.202. The van der Waals surface area contributed by atoms with E-state index in [0.717, 1.165) is 42.9 Å². The van der Waals surface area contributed by atoms with Crippen LogP contribution in [0.5, 0.6) is 0 Å². The number of aliphatic hydroxyl groups is 2. The molecule has 0 amide bonds. The van der Waals surface area contributed by atoms with Crippen molar-refractivity contribution in [3.05, 3.63) is 11.6 Å². The van der Waals surface area contributed by atoms with E-state index < -0.39 is 0 Å². The van der Waals surface area contributed by atoms with Crippen molar-refractivity contribution in [1.29, 1.82) is 0 Å². The second-order valence-corrected chi connectivity index (χ2v) is 12.8. The quantitative estimate of drug-likeness (QED) is 0.495. The maximum absolute atomic E-state index is 11.3. The predicted molar refractivity (Wildman–Crippen MR) is 125 cm³/mol. The Morgan fingerprint density at radius 3 is 2.37 bits per heavy atom. The van der Waals surface area contributed by atoms with Gasteiger partial charge in [-0.2, -0.15) is 0 Å². The molecule has 2 N–H and O–H groups in total. The Morgan fingerprint density at radius 2 is 1.67 bits per heavy atom. The van der Waals surface area contributed by atoms with Crippen LogP contribution in [0, 0.1) is 52.3 Å². The van der Waals surface area contributed by atoms with Crippen molar-refractivity contribution < 1.29 is 10.2 Å². The van der Waals surface area contributed by atoms with Crippen molar-refractivity contribution in [2.75, 3.05) is 0 Å². The lowest BCUT2D eigenvalue weighted by atomic mass is 9.46. The van der Waals surface area contributed by atoms with E-state index in [2.05, 4.69) is 47.6 Å². The molecule has 0 bridgehead atoms. The maximum Gasteiger partial charge on any atom is 0.0757 e. The van der Waals surface area contributed by atoms with Gasteiger partial charge in [-0.15, -0.1) is 0 Å². The zero-order valence-corrected chi connectivity index (χ0v) is 20.5. The van der Waals surface area contributed by atoms with Gasteiger partial charge in [-0.1, -0.05) is 66.0 Å². The first kappa shape index (κ1) is 22.8. The van der Waals surface area contributed by atoms with Gasteiger partial charge < -0.3 is 10.2 Å². The summed E-state index contributed by atoms with van der Waals surface area (Å²) in [4.78, 5) is 0. The minimum atomic E-state index is -0.303. The third-order valence-electron chi connectivity index (χ3n) is 11.1. The van der Waals surface area contributed by atoms with Crippen molar-refractivity contribution in [2.45, 2.75) is 112 Å².